The van der Waals surface area contributed by atoms with Crippen LogP contribution in [0.1, 0.15) is 32.4 Å². The van der Waals surface area contributed by atoms with Gasteiger partial charge in [-0.3, -0.25) is 0 Å². The highest BCUT2D eigenvalue weighted by molar-refractivity contribution is 5.79. The number of aliphatic hydroxyl groups is 1. The predicted octanol–water partition coefficient (Wildman–Crippen LogP) is 1.22. The van der Waals surface area contributed by atoms with E-state index in [4.69, 9.17) is 9.15 Å². The van der Waals surface area contributed by atoms with E-state index in [-0.39, 0.29) is 12.6 Å². The lowest BCUT2D eigenvalue weighted by Crippen LogP contribution is -2.42. The molecule has 0 saturated carbocycles. The molecule has 2 atom stereocenters. The zero-order valence-electron chi connectivity index (χ0n) is 12.8. The lowest BCUT2D eigenvalue weighted by atomic mass is 10.0. The summed E-state index contributed by atoms with van der Waals surface area (Å²) >= 11 is 0. The standard InChI is InChI=1S/C15H25N3O3/c1-3-16-14(17-10-12-6-4-8-20-12)18-11-15(2,19)13-7-5-9-21-13/h5,7,9,12,19H,3-4,6,8,10-11H2,1-2H3,(H2,16,17,18). The zero-order chi connectivity index (χ0) is 15.1. The summed E-state index contributed by atoms with van der Waals surface area (Å²) in [5.74, 6) is 1.20. The third kappa shape index (κ3) is 4.75. The molecule has 1 aromatic heterocycles. The SMILES string of the molecule is CCNC(=NCC(C)(O)c1ccco1)NCC1CCCO1. The fourth-order valence-electron chi connectivity index (χ4n) is 2.25. The average Bonchev–Trinajstić information content (AvgIpc) is 3.14. The molecule has 1 aliphatic heterocycles. The van der Waals surface area contributed by atoms with E-state index in [0.717, 1.165) is 32.5 Å². The molecule has 0 aliphatic carbocycles. The second kappa shape index (κ2) is 7.47. The molecule has 2 rings (SSSR count). The number of nitrogens with one attached hydrogen (secondary N) is 2. The van der Waals surface area contributed by atoms with Crippen LogP contribution in [0, 0.1) is 0 Å². The summed E-state index contributed by atoms with van der Waals surface area (Å²) in [6.07, 6.45) is 4.00. The van der Waals surface area contributed by atoms with Crippen molar-refractivity contribution in [1.29, 1.82) is 0 Å². The molecular formula is C15H25N3O3. The summed E-state index contributed by atoms with van der Waals surface area (Å²) in [4.78, 5) is 4.43. The first-order chi connectivity index (χ1) is 10.1. The van der Waals surface area contributed by atoms with E-state index < -0.39 is 5.60 Å². The van der Waals surface area contributed by atoms with Crippen LogP contribution in [0.2, 0.25) is 0 Å². The van der Waals surface area contributed by atoms with Crippen LogP contribution in [0.15, 0.2) is 27.8 Å². The molecule has 6 nitrogen and oxygen atoms in total. The maximum atomic E-state index is 10.4. The Hall–Kier alpha value is -1.53. The fourth-order valence-corrected chi connectivity index (χ4v) is 2.25. The van der Waals surface area contributed by atoms with Crippen molar-refractivity contribution in [1.82, 2.24) is 10.6 Å². The molecule has 1 saturated heterocycles. The predicted molar refractivity (Wildman–Crippen MR) is 81.2 cm³/mol. The van der Waals surface area contributed by atoms with Crippen LogP contribution in [0.4, 0.5) is 0 Å². The van der Waals surface area contributed by atoms with Crippen molar-refractivity contribution >= 4 is 5.96 Å². The Bertz CT molecular complexity index is 437. The summed E-state index contributed by atoms with van der Waals surface area (Å²) in [6, 6.07) is 3.51. The first kappa shape index (κ1) is 15.9. The maximum Gasteiger partial charge on any atom is 0.191 e. The quantitative estimate of drug-likeness (QED) is 0.543. The topological polar surface area (TPSA) is 79.0 Å². The van der Waals surface area contributed by atoms with Crippen molar-refractivity contribution in [3.63, 3.8) is 0 Å². The van der Waals surface area contributed by atoms with E-state index in [0.29, 0.717) is 11.7 Å². The van der Waals surface area contributed by atoms with Gasteiger partial charge in [0.25, 0.3) is 0 Å². The van der Waals surface area contributed by atoms with Crippen LogP contribution in [-0.4, -0.2) is 43.4 Å². The largest absolute Gasteiger partial charge is 0.466 e. The molecule has 6 heteroatoms. The highest BCUT2D eigenvalue weighted by Gasteiger charge is 2.26. The third-order valence-electron chi connectivity index (χ3n) is 3.46. The molecule has 1 aromatic rings. The molecule has 0 amide bonds. The van der Waals surface area contributed by atoms with E-state index in [1.54, 1.807) is 25.3 Å². The van der Waals surface area contributed by atoms with Crippen LogP contribution in [-0.2, 0) is 10.3 Å². The summed E-state index contributed by atoms with van der Waals surface area (Å²) in [6.45, 7) is 6.26. The van der Waals surface area contributed by atoms with Gasteiger partial charge in [0, 0.05) is 19.7 Å². The number of guanidine groups is 1. The molecule has 1 fully saturated rings. The van der Waals surface area contributed by atoms with E-state index in [9.17, 15) is 5.11 Å². The van der Waals surface area contributed by atoms with Crippen LogP contribution >= 0.6 is 0 Å². The first-order valence-electron chi connectivity index (χ1n) is 7.52. The Morgan fingerprint density at radius 1 is 1.52 bits per heavy atom. The van der Waals surface area contributed by atoms with Crippen LogP contribution < -0.4 is 10.6 Å². The van der Waals surface area contributed by atoms with Gasteiger partial charge in [-0.2, -0.15) is 0 Å². The Morgan fingerprint density at radius 3 is 3.00 bits per heavy atom. The summed E-state index contributed by atoms with van der Waals surface area (Å²) in [5.41, 5.74) is -1.12. The molecule has 3 N–H and O–H groups in total. The Morgan fingerprint density at radius 2 is 2.38 bits per heavy atom. The average molecular weight is 295 g/mol. The summed E-state index contributed by atoms with van der Waals surface area (Å²) in [5, 5.41) is 16.8. The van der Waals surface area contributed by atoms with Crippen LogP contribution in [0.3, 0.4) is 0 Å². The number of hydrogen-bond donors (Lipinski definition) is 3. The van der Waals surface area contributed by atoms with Gasteiger partial charge in [-0.05, 0) is 38.8 Å². The number of nitrogens with zero attached hydrogens (tertiary/aromatic N) is 1. The number of rotatable bonds is 6. The molecule has 2 unspecified atom stereocenters. The molecule has 0 aromatic carbocycles. The molecule has 21 heavy (non-hydrogen) atoms. The van der Waals surface area contributed by atoms with E-state index in [1.807, 2.05) is 6.92 Å². The minimum absolute atomic E-state index is 0.224. The summed E-state index contributed by atoms with van der Waals surface area (Å²) < 4.78 is 10.8. The number of furan rings is 1. The van der Waals surface area contributed by atoms with Crippen molar-refractivity contribution in [2.75, 3.05) is 26.2 Å². The Kier molecular flexibility index (Phi) is 5.64. The van der Waals surface area contributed by atoms with Gasteiger partial charge in [0.1, 0.15) is 11.4 Å². The molecule has 0 bridgehead atoms. The van der Waals surface area contributed by atoms with Crippen molar-refractivity contribution in [3.8, 4) is 0 Å². The van der Waals surface area contributed by atoms with Gasteiger partial charge in [0.15, 0.2) is 5.96 Å². The van der Waals surface area contributed by atoms with E-state index in [1.165, 1.54) is 0 Å². The van der Waals surface area contributed by atoms with Crippen molar-refractivity contribution in [3.05, 3.63) is 24.2 Å². The fraction of sp³-hybridized carbons (Fsp3) is 0.667. The third-order valence-corrected chi connectivity index (χ3v) is 3.46. The Labute approximate surface area is 125 Å². The number of hydrogen-bond acceptors (Lipinski definition) is 4. The van der Waals surface area contributed by atoms with Crippen LogP contribution in [0.25, 0.3) is 0 Å². The lowest BCUT2D eigenvalue weighted by molar-refractivity contribution is 0.0436. The van der Waals surface area contributed by atoms with Crippen molar-refractivity contribution in [2.24, 2.45) is 4.99 Å². The van der Waals surface area contributed by atoms with Gasteiger partial charge in [-0.15, -0.1) is 0 Å². The molecule has 1 aliphatic rings. The van der Waals surface area contributed by atoms with Gasteiger partial charge in [0.05, 0.1) is 18.9 Å². The van der Waals surface area contributed by atoms with Gasteiger partial charge in [-0.1, -0.05) is 0 Å². The summed E-state index contributed by atoms with van der Waals surface area (Å²) in [7, 11) is 0. The maximum absolute atomic E-state index is 10.4. The van der Waals surface area contributed by atoms with Gasteiger partial charge in [0.2, 0.25) is 0 Å². The minimum atomic E-state index is -1.12. The highest BCUT2D eigenvalue weighted by Crippen LogP contribution is 2.21. The van der Waals surface area contributed by atoms with Gasteiger partial charge >= 0.3 is 0 Å². The molecule has 0 radical (unpaired) electrons. The zero-order valence-corrected chi connectivity index (χ0v) is 12.8. The molecular weight excluding hydrogens is 270 g/mol. The number of ether oxygens (including phenoxy) is 1. The second-order valence-corrected chi connectivity index (χ2v) is 5.46. The normalized spacial score (nSPS) is 22.0. The molecule has 2 heterocycles. The van der Waals surface area contributed by atoms with Gasteiger partial charge < -0.3 is 24.9 Å². The van der Waals surface area contributed by atoms with E-state index >= 15 is 0 Å². The van der Waals surface area contributed by atoms with Gasteiger partial charge in [-0.25, -0.2) is 4.99 Å². The van der Waals surface area contributed by atoms with Crippen molar-refractivity contribution < 1.29 is 14.3 Å². The monoisotopic (exact) mass is 295 g/mol. The van der Waals surface area contributed by atoms with Crippen LogP contribution in [0.5, 0.6) is 0 Å². The highest BCUT2D eigenvalue weighted by atomic mass is 16.5. The first-order valence-corrected chi connectivity index (χ1v) is 7.52. The molecule has 118 valence electrons. The molecule has 0 spiro atoms. The smallest absolute Gasteiger partial charge is 0.191 e. The lowest BCUT2D eigenvalue weighted by Gasteiger charge is -2.20. The van der Waals surface area contributed by atoms with Crippen molar-refractivity contribution in [2.45, 2.75) is 38.4 Å². The number of aliphatic imine (C=N–C) groups is 1. The minimum Gasteiger partial charge on any atom is -0.466 e. The Balaban J connectivity index is 1.90. The second-order valence-electron chi connectivity index (χ2n) is 5.46. The van der Waals surface area contributed by atoms with E-state index in [2.05, 4.69) is 15.6 Å².